The molecule has 1 saturated carbocycles. The average molecular weight is 620 g/mol. The zero-order chi connectivity index (χ0) is 31.1. The van der Waals surface area contributed by atoms with Crippen LogP contribution in [-0.2, 0) is 32.6 Å². The smallest absolute Gasteiger partial charge is 0.244 e. The Morgan fingerprint density at radius 1 is 0.932 bits per heavy atom. The molecule has 3 aromatic carbocycles. The molecule has 1 aliphatic carbocycles. The van der Waals surface area contributed by atoms with E-state index in [2.05, 4.69) is 5.32 Å². The highest BCUT2D eigenvalue weighted by Crippen LogP contribution is 2.36. The Bertz CT molecular complexity index is 1560. The van der Waals surface area contributed by atoms with Crippen LogP contribution < -0.4 is 19.1 Å². The van der Waals surface area contributed by atoms with Gasteiger partial charge in [0.1, 0.15) is 12.6 Å². The van der Waals surface area contributed by atoms with E-state index in [0.717, 1.165) is 53.1 Å². The molecule has 234 valence electrons. The van der Waals surface area contributed by atoms with E-state index in [0.29, 0.717) is 23.6 Å². The minimum Gasteiger partial charge on any atom is -0.454 e. The zero-order valence-electron chi connectivity index (χ0n) is 25.4. The maximum atomic E-state index is 14.5. The van der Waals surface area contributed by atoms with Gasteiger partial charge in [-0.1, -0.05) is 73.9 Å². The number of ether oxygens (including phenoxy) is 2. The molecular weight excluding hydrogens is 578 g/mol. The largest absolute Gasteiger partial charge is 0.454 e. The van der Waals surface area contributed by atoms with E-state index < -0.39 is 28.5 Å². The molecule has 0 aromatic heterocycles. The number of nitrogens with one attached hydrogen (secondary N) is 1. The molecule has 0 radical (unpaired) electrons. The standard InChI is InChI=1S/C34H41N3O6S/c1-3-44(40,41)37(29-18-19-31-32(21-29)43-24-42-31)23-33(38)36(22-27-15-11-10-12-25(27)2)30(20-26-13-6-4-7-14-26)34(39)35-28-16-8-5-9-17-28/h4,6-7,10-15,18-19,21,28,30H,3,5,8-9,16-17,20,22-24H2,1-2H3,(H,35,39)/t30-/m0/s1. The molecule has 0 unspecified atom stereocenters. The summed E-state index contributed by atoms with van der Waals surface area (Å²) in [5, 5.41) is 3.23. The van der Waals surface area contributed by atoms with Gasteiger partial charge in [-0.05, 0) is 55.5 Å². The number of sulfonamides is 1. The Hall–Kier alpha value is -4.05. The van der Waals surface area contributed by atoms with Crippen LogP contribution >= 0.6 is 0 Å². The van der Waals surface area contributed by atoms with E-state index in [1.165, 1.54) is 0 Å². The first-order valence-electron chi connectivity index (χ1n) is 15.3. The molecule has 1 fully saturated rings. The lowest BCUT2D eigenvalue weighted by Gasteiger charge is -2.35. The quantitative estimate of drug-likeness (QED) is 0.307. The number of carbonyl (C=O) groups is 2. The Balaban J connectivity index is 1.52. The lowest BCUT2D eigenvalue weighted by molar-refractivity contribution is -0.140. The molecule has 5 rings (SSSR count). The normalized spacial score (nSPS) is 15.4. The second-order valence-electron chi connectivity index (χ2n) is 11.4. The lowest BCUT2D eigenvalue weighted by atomic mass is 9.94. The minimum absolute atomic E-state index is 0.0414. The number of hydrogen-bond acceptors (Lipinski definition) is 6. The highest BCUT2D eigenvalue weighted by Gasteiger charge is 2.35. The molecule has 1 atom stereocenters. The molecule has 10 heteroatoms. The third-order valence-electron chi connectivity index (χ3n) is 8.45. The first-order valence-corrected chi connectivity index (χ1v) is 16.9. The summed E-state index contributed by atoms with van der Waals surface area (Å²) in [5.74, 6) is 0.0230. The number of aryl methyl sites for hydroxylation is 1. The number of hydrogen-bond donors (Lipinski definition) is 1. The fraction of sp³-hybridized carbons (Fsp3) is 0.412. The summed E-state index contributed by atoms with van der Waals surface area (Å²) in [4.78, 5) is 30.1. The Morgan fingerprint density at radius 3 is 2.36 bits per heavy atom. The van der Waals surface area contributed by atoms with E-state index in [1.807, 2.05) is 61.5 Å². The van der Waals surface area contributed by atoms with Crippen LogP contribution in [0.3, 0.4) is 0 Å². The van der Waals surface area contributed by atoms with Crippen molar-refractivity contribution in [2.75, 3.05) is 23.4 Å². The molecule has 0 saturated heterocycles. The van der Waals surface area contributed by atoms with Gasteiger partial charge in [-0.2, -0.15) is 0 Å². The summed E-state index contributed by atoms with van der Waals surface area (Å²) in [5.41, 5.74) is 3.07. The van der Waals surface area contributed by atoms with Crippen LogP contribution in [0.25, 0.3) is 0 Å². The van der Waals surface area contributed by atoms with Gasteiger partial charge in [-0.15, -0.1) is 0 Å². The molecule has 1 heterocycles. The van der Waals surface area contributed by atoms with Crippen LogP contribution in [0, 0.1) is 6.92 Å². The first-order chi connectivity index (χ1) is 21.2. The summed E-state index contributed by atoms with van der Waals surface area (Å²) < 4.78 is 38.9. The summed E-state index contributed by atoms with van der Waals surface area (Å²) in [6.45, 7) is 3.24. The third-order valence-corrected chi connectivity index (χ3v) is 10.2. The maximum absolute atomic E-state index is 14.5. The number of carbonyl (C=O) groups excluding carboxylic acids is 2. The van der Waals surface area contributed by atoms with Crippen molar-refractivity contribution in [2.45, 2.75) is 71.0 Å². The van der Waals surface area contributed by atoms with Crippen molar-refractivity contribution >= 4 is 27.5 Å². The average Bonchev–Trinajstić information content (AvgIpc) is 3.51. The molecule has 3 aromatic rings. The highest BCUT2D eigenvalue weighted by molar-refractivity contribution is 7.92. The van der Waals surface area contributed by atoms with Gasteiger partial charge < -0.3 is 19.7 Å². The van der Waals surface area contributed by atoms with Gasteiger partial charge in [0.05, 0.1) is 11.4 Å². The second-order valence-corrected chi connectivity index (χ2v) is 13.6. The van der Waals surface area contributed by atoms with E-state index in [-0.39, 0.29) is 31.0 Å². The number of amides is 2. The van der Waals surface area contributed by atoms with Gasteiger partial charge in [0, 0.05) is 25.1 Å². The number of anilines is 1. The summed E-state index contributed by atoms with van der Waals surface area (Å²) in [7, 11) is -3.88. The van der Waals surface area contributed by atoms with Crippen LogP contribution in [0.5, 0.6) is 11.5 Å². The molecule has 0 bridgehead atoms. The monoisotopic (exact) mass is 619 g/mol. The van der Waals surface area contributed by atoms with Gasteiger partial charge >= 0.3 is 0 Å². The summed E-state index contributed by atoms with van der Waals surface area (Å²) >= 11 is 0. The Morgan fingerprint density at radius 2 is 1.64 bits per heavy atom. The van der Waals surface area contributed by atoms with Gasteiger partial charge in [-0.3, -0.25) is 13.9 Å². The SMILES string of the molecule is CCS(=O)(=O)N(CC(=O)N(Cc1ccccc1C)[C@@H](Cc1ccccc1)C(=O)NC1CCCCC1)c1ccc2c(c1)OCO2. The van der Waals surface area contributed by atoms with Crippen molar-refractivity contribution in [3.63, 3.8) is 0 Å². The molecular formula is C34H41N3O6S. The molecule has 9 nitrogen and oxygen atoms in total. The van der Waals surface area contributed by atoms with Gasteiger partial charge in [0.2, 0.25) is 28.6 Å². The van der Waals surface area contributed by atoms with E-state index in [4.69, 9.17) is 9.47 Å². The maximum Gasteiger partial charge on any atom is 0.244 e. The fourth-order valence-corrected chi connectivity index (χ4v) is 6.88. The molecule has 44 heavy (non-hydrogen) atoms. The summed E-state index contributed by atoms with van der Waals surface area (Å²) in [6.07, 6.45) is 5.37. The lowest BCUT2D eigenvalue weighted by Crippen LogP contribution is -2.55. The topological polar surface area (TPSA) is 105 Å². The number of nitrogens with zero attached hydrogens (tertiary/aromatic N) is 2. The highest BCUT2D eigenvalue weighted by atomic mass is 32.2. The van der Waals surface area contributed by atoms with Crippen molar-refractivity contribution < 1.29 is 27.5 Å². The van der Waals surface area contributed by atoms with Crippen molar-refractivity contribution in [2.24, 2.45) is 0 Å². The van der Waals surface area contributed by atoms with Crippen molar-refractivity contribution in [3.05, 3.63) is 89.5 Å². The number of benzene rings is 3. The van der Waals surface area contributed by atoms with Gasteiger partial charge in [0.25, 0.3) is 0 Å². The molecule has 1 aliphatic heterocycles. The molecule has 2 aliphatic rings. The Kier molecular flexibility index (Phi) is 10.1. The molecule has 1 N–H and O–H groups in total. The van der Waals surface area contributed by atoms with Gasteiger partial charge in [-0.25, -0.2) is 8.42 Å². The number of fused-ring (bicyclic) bond motifs is 1. The minimum atomic E-state index is -3.88. The van der Waals surface area contributed by atoms with Crippen LogP contribution in [0.15, 0.2) is 72.8 Å². The third kappa shape index (κ3) is 7.53. The molecule has 0 spiro atoms. The van der Waals surface area contributed by atoms with E-state index >= 15 is 0 Å². The van der Waals surface area contributed by atoms with Gasteiger partial charge in [0.15, 0.2) is 11.5 Å². The van der Waals surface area contributed by atoms with Crippen LogP contribution in [-0.4, -0.2) is 56.3 Å². The summed E-state index contributed by atoms with van der Waals surface area (Å²) in [6, 6.07) is 21.4. The van der Waals surface area contributed by atoms with E-state index in [1.54, 1.807) is 30.0 Å². The number of rotatable bonds is 12. The van der Waals surface area contributed by atoms with Crippen LogP contribution in [0.2, 0.25) is 0 Å². The van der Waals surface area contributed by atoms with E-state index in [9.17, 15) is 18.0 Å². The van der Waals surface area contributed by atoms with Crippen LogP contribution in [0.1, 0.15) is 55.7 Å². The predicted molar refractivity (Wildman–Crippen MR) is 170 cm³/mol. The first kappa shape index (κ1) is 31.4. The fourth-order valence-electron chi connectivity index (χ4n) is 5.83. The Labute approximate surface area is 260 Å². The molecule has 2 amide bonds. The van der Waals surface area contributed by atoms with Crippen molar-refractivity contribution in [3.8, 4) is 11.5 Å². The van der Waals surface area contributed by atoms with Crippen molar-refractivity contribution in [1.82, 2.24) is 10.2 Å². The van der Waals surface area contributed by atoms with Crippen molar-refractivity contribution in [1.29, 1.82) is 0 Å². The van der Waals surface area contributed by atoms with Crippen LogP contribution in [0.4, 0.5) is 5.69 Å². The zero-order valence-corrected chi connectivity index (χ0v) is 26.2. The second kappa shape index (κ2) is 14.2. The predicted octanol–water partition coefficient (Wildman–Crippen LogP) is 4.97.